The molecule has 3 N–H and O–H groups in total. The van der Waals surface area contributed by atoms with Crippen molar-refractivity contribution in [2.45, 2.75) is 20.8 Å². The van der Waals surface area contributed by atoms with Crippen LogP contribution in [0.25, 0.3) is 6.08 Å². The number of aliphatic hydroxyl groups excluding tert-OH is 1. The smallest absolute Gasteiger partial charge is 0.344 e. The van der Waals surface area contributed by atoms with Crippen molar-refractivity contribution in [3.8, 4) is 11.5 Å². The van der Waals surface area contributed by atoms with Crippen LogP contribution in [0.15, 0.2) is 57.6 Å². The lowest BCUT2D eigenvalue weighted by molar-refractivity contribution is -0.138. The van der Waals surface area contributed by atoms with Crippen molar-refractivity contribution in [3.63, 3.8) is 0 Å². The van der Waals surface area contributed by atoms with Gasteiger partial charge >= 0.3 is 5.97 Å². The Morgan fingerprint density at radius 3 is 2.45 bits per heavy atom. The first-order chi connectivity index (χ1) is 13.8. The van der Waals surface area contributed by atoms with Crippen molar-refractivity contribution in [2.75, 3.05) is 6.61 Å². The number of esters is 1. The molecule has 0 amide bonds. The first kappa shape index (κ1) is 20.5. The average Bonchev–Trinajstić information content (AvgIpc) is 2.92. The molecule has 0 fully saturated rings. The molecule has 0 saturated carbocycles. The van der Waals surface area contributed by atoms with Crippen LogP contribution in [0.1, 0.15) is 23.6 Å². The Kier molecular flexibility index (Phi) is 5.98. The van der Waals surface area contributed by atoms with E-state index in [1.807, 2.05) is 32.0 Å². The van der Waals surface area contributed by atoms with Gasteiger partial charge in [0.05, 0.1) is 17.2 Å². The minimum Gasteiger partial charge on any atom is -0.508 e. The number of thioether (sulfide) groups is 1. The summed E-state index contributed by atoms with van der Waals surface area (Å²) in [5.74, 6) is -1.06. The molecule has 7 heteroatoms. The Morgan fingerprint density at radius 2 is 1.79 bits per heavy atom. The van der Waals surface area contributed by atoms with Crippen LogP contribution in [0.5, 0.6) is 11.5 Å². The summed E-state index contributed by atoms with van der Waals surface area (Å²) in [6.07, 6.45) is 1.48. The van der Waals surface area contributed by atoms with Crippen molar-refractivity contribution in [3.05, 3.63) is 69.3 Å². The first-order valence-electron chi connectivity index (χ1n) is 8.98. The number of benzene rings is 2. The predicted octanol–water partition coefficient (Wildman–Crippen LogP) is 4.91. The van der Waals surface area contributed by atoms with E-state index in [1.54, 1.807) is 6.92 Å². The van der Waals surface area contributed by atoms with Gasteiger partial charge in [-0.2, -0.15) is 0 Å². The van der Waals surface area contributed by atoms with Gasteiger partial charge in [0.25, 0.3) is 0 Å². The second kappa shape index (κ2) is 8.45. The summed E-state index contributed by atoms with van der Waals surface area (Å²) >= 11 is 1.09. The molecule has 0 atom stereocenters. The van der Waals surface area contributed by atoms with Gasteiger partial charge in [-0.05, 0) is 68.3 Å². The number of nitrogens with zero attached hydrogens (tertiary/aromatic N) is 1. The van der Waals surface area contributed by atoms with Gasteiger partial charge in [0, 0.05) is 5.56 Å². The molecule has 2 aromatic carbocycles. The average molecular weight is 411 g/mol. The monoisotopic (exact) mass is 411 g/mol. The SMILES string of the molecule is CCOC(=O)C1=C(O)/C(=C\c2cc(O)ccc2O)SC1=Nc1cc(C)cc(C)c1. The fraction of sp³-hybridized carbons (Fsp3) is 0.182. The molecule has 29 heavy (non-hydrogen) atoms. The van der Waals surface area contributed by atoms with Crippen molar-refractivity contribution in [1.82, 2.24) is 0 Å². The quantitative estimate of drug-likeness (QED) is 0.488. The van der Waals surface area contributed by atoms with Gasteiger partial charge in [-0.25, -0.2) is 9.79 Å². The lowest BCUT2D eigenvalue weighted by Crippen LogP contribution is -2.12. The van der Waals surface area contributed by atoms with Crippen LogP contribution in [0.4, 0.5) is 5.69 Å². The summed E-state index contributed by atoms with van der Waals surface area (Å²) < 4.78 is 5.09. The Labute approximate surface area is 172 Å². The highest BCUT2D eigenvalue weighted by molar-refractivity contribution is 8.18. The minimum atomic E-state index is -0.677. The molecule has 0 aromatic heterocycles. The molecule has 2 aromatic rings. The maximum absolute atomic E-state index is 12.5. The highest BCUT2D eigenvalue weighted by atomic mass is 32.2. The van der Waals surface area contributed by atoms with Gasteiger partial charge in [0.2, 0.25) is 0 Å². The standard InChI is InChI=1S/C22H21NO5S/c1-4-28-22(27)19-20(26)18(11-14-10-16(24)5-6-17(14)25)29-21(19)23-15-8-12(2)7-13(3)9-15/h5-11,24-26H,4H2,1-3H3/b18-11+,23-21?. The number of aryl methyl sites for hydroxylation is 2. The van der Waals surface area contributed by atoms with Gasteiger partial charge in [-0.3, -0.25) is 0 Å². The highest BCUT2D eigenvalue weighted by Crippen LogP contribution is 2.41. The van der Waals surface area contributed by atoms with E-state index in [-0.39, 0.29) is 29.4 Å². The number of hydrogen-bond acceptors (Lipinski definition) is 7. The highest BCUT2D eigenvalue weighted by Gasteiger charge is 2.33. The molecule has 0 spiro atoms. The van der Waals surface area contributed by atoms with Crippen LogP contribution in [0.3, 0.4) is 0 Å². The molecule has 6 nitrogen and oxygen atoms in total. The summed E-state index contributed by atoms with van der Waals surface area (Å²) in [5, 5.41) is 30.7. The zero-order valence-electron chi connectivity index (χ0n) is 16.3. The number of carbonyl (C=O) groups excluding carboxylic acids is 1. The van der Waals surface area contributed by atoms with Gasteiger partial charge < -0.3 is 20.1 Å². The number of phenols is 2. The summed E-state index contributed by atoms with van der Waals surface area (Å²) in [5.41, 5.74) is 2.98. The van der Waals surface area contributed by atoms with E-state index in [4.69, 9.17) is 4.74 Å². The molecule has 150 valence electrons. The largest absolute Gasteiger partial charge is 0.508 e. The number of ether oxygens (including phenoxy) is 1. The van der Waals surface area contributed by atoms with E-state index in [2.05, 4.69) is 4.99 Å². The van der Waals surface area contributed by atoms with Crippen molar-refractivity contribution < 1.29 is 24.9 Å². The predicted molar refractivity (Wildman–Crippen MR) is 115 cm³/mol. The summed E-state index contributed by atoms with van der Waals surface area (Å²) in [4.78, 5) is 17.3. The third kappa shape index (κ3) is 4.63. The Morgan fingerprint density at radius 1 is 1.10 bits per heavy atom. The summed E-state index contributed by atoms with van der Waals surface area (Å²) in [6, 6.07) is 9.83. The second-order valence-electron chi connectivity index (χ2n) is 6.56. The van der Waals surface area contributed by atoms with Gasteiger partial charge in [-0.15, -0.1) is 0 Å². The van der Waals surface area contributed by atoms with E-state index < -0.39 is 5.97 Å². The summed E-state index contributed by atoms with van der Waals surface area (Å²) in [7, 11) is 0. The van der Waals surface area contributed by atoms with Crippen LogP contribution in [-0.4, -0.2) is 32.9 Å². The van der Waals surface area contributed by atoms with E-state index in [0.717, 1.165) is 22.9 Å². The van der Waals surface area contributed by atoms with Crippen LogP contribution < -0.4 is 0 Å². The minimum absolute atomic E-state index is 0.0260. The number of aliphatic imine (C=N–C) groups is 1. The topological polar surface area (TPSA) is 99.4 Å². The normalized spacial score (nSPS) is 16.7. The number of hydrogen-bond donors (Lipinski definition) is 3. The van der Waals surface area contributed by atoms with Crippen LogP contribution in [0.2, 0.25) is 0 Å². The zero-order valence-corrected chi connectivity index (χ0v) is 17.1. The molecule has 3 rings (SSSR count). The fourth-order valence-corrected chi connectivity index (χ4v) is 3.95. The van der Waals surface area contributed by atoms with E-state index in [0.29, 0.717) is 21.2 Å². The fourth-order valence-electron chi connectivity index (χ4n) is 2.92. The maximum Gasteiger partial charge on any atom is 0.344 e. The second-order valence-corrected chi connectivity index (χ2v) is 7.59. The number of aliphatic hydroxyl groups is 1. The first-order valence-corrected chi connectivity index (χ1v) is 9.79. The molecule has 0 radical (unpaired) electrons. The Balaban J connectivity index is 2.10. The van der Waals surface area contributed by atoms with Gasteiger partial charge in [0.1, 0.15) is 27.9 Å². The van der Waals surface area contributed by atoms with Crippen molar-refractivity contribution in [1.29, 1.82) is 0 Å². The molecular weight excluding hydrogens is 390 g/mol. The number of carbonyl (C=O) groups is 1. The molecule has 0 aliphatic carbocycles. The van der Waals surface area contributed by atoms with Gasteiger partial charge in [-0.1, -0.05) is 17.8 Å². The van der Waals surface area contributed by atoms with Crippen molar-refractivity contribution >= 4 is 34.5 Å². The van der Waals surface area contributed by atoms with E-state index in [9.17, 15) is 20.1 Å². The van der Waals surface area contributed by atoms with E-state index >= 15 is 0 Å². The van der Waals surface area contributed by atoms with Crippen LogP contribution >= 0.6 is 11.8 Å². The molecule has 0 bridgehead atoms. The number of aromatic hydroxyl groups is 2. The Bertz CT molecular complexity index is 1050. The molecule has 1 aliphatic rings. The van der Waals surface area contributed by atoms with Gasteiger partial charge in [0.15, 0.2) is 0 Å². The molecular formula is C22H21NO5S. The van der Waals surface area contributed by atoms with Crippen LogP contribution in [0, 0.1) is 13.8 Å². The number of phenolic OH excluding ortho intramolecular Hbond substituents is 2. The van der Waals surface area contributed by atoms with E-state index in [1.165, 1.54) is 24.3 Å². The molecule has 1 heterocycles. The summed E-state index contributed by atoms with van der Waals surface area (Å²) in [6.45, 7) is 5.74. The molecule has 1 aliphatic heterocycles. The third-order valence-corrected chi connectivity index (χ3v) is 5.12. The maximum atomic E-state index is 12.5. The third-order valence-electron chi connectivity index (χ3n) is 4.11. The Hall–Kier alpha value is -3.19. The molecule has 0 unspecified atom stereocenters. The van der Waals surface area contributed by atoms with Crippen molar-refractivity contribution in [2.24, 2.45) is 4.99 Å². The lowest BCUT2D eigenvalue weighted by atomic mass is 10.1. The number of rotatable bonds is 4. The van der Waals surface area contributed by atoms with Crippen LogP contribution in [-0.2, 0) is 9.53 Å². The zero-order chi connectivity index (χ0) is 21.1. The lowest BCUT2D eigenvalue weighted by Gasteiger charge is -2.05. The molecule has 0 saturated heterocycles.